The lowest BCUT2D eigenvalue weighted by molar-refractivity contribution is 0.175. The summed E-state index contributed by atoms with van der Waals surface area (Å²) in [6, 6.07) is 6.24. The molecule has 1 aromatic heterocycles. The summed E-state index contributed by atoms with van der Waals surface area (Å²) in [6.07, 6.45) is 0.541. The quantitative estimate of drug-likeness (QED) is 0.898. The molecule has 17 heavy (non-hydrogen) atoms. The van der Waals surface area contributed by atoms with Crippen LogP contribution in [0.2, 0.25) is 5.02 Å². The molecule has 1 aromatic carbocycles. The Morgan fingerprint density at radius 2 is 2.12 bits per heavy atom. The van der Waals surface area contributed by atoms with E-state index in [1.165, 1.54) is 12.1 Å². The highest BCUT2D eigenvalue weighted by Gasteiger charge is 2.10. The number of halogens is 2. The number of aliphatic hydroxyl groups is 1. The minimum Gasteiger partial charge on any atom is -0.392 e. The third-order valence-corrected chi connectivity index (χ3v) is 3.61. The predicted octanol–water partition coefficient (Wildman–Crippen LogP) is 3.69. The molecule has 4 heteroatoms. The summed E-state index contributed by atoms with van der Waals surface area (Å²) in [7, 11) is 0. The van der Waals surface area contributed by atoms with E-state index in [9.17, 15) is 9.50 Å². The minimum absolute atomic E-state index is 0.355. The Hall–Kier alpha value is -0.900. The van der Waals surface area contributed by atoms with Crippen molar-refractivity contribution in [1.29, 1.82) is 0 Å². The summed E-state index contributed by atoms with van der Waals surface area (Å²) in [5, 5.41) is 14.3. The topological polar surface area (TPSA) is 20.2 Å². The van der Waals surface area contributed by atoms with Gasteiger partial charge in [-0.2, -0.15) is 11.3 Å². The molecule has 0 amide bonds. The second kappa shape index (κ2) is 5.63. The van der Waals surface area contributed by atoms with Crippen molar-refractivity contribution in [2.45, 2.75) is 18.9 Å². The molecule has 1 nitrogen and oxygen atoms in total. The zero-order valence-corrected chi connectivity index (χ0v) is 10.6. The van der Waals surface area contributed by atoms with Crippen LogP contribution in [0.1, 0.15) is 11.1 Å². The number of hydrogen-bond acceptors (Lipinski definition) is 2. The van der Waals surface area contributed by atoms with Crippen molar-refractivity contribution in [3.05, 3.63) is 57.0 Å². The molecule has 1 N–H and O–H groups in total. The highest BCUT2D eigenvalue weighted by molar-refractivity contribution is 7.07. The number of benzene rings is 1. The fourth-order valence-corrected chi connectivity index (χ4v) is 2.62. The van der Waals surface area contributed by atoms with Crippen LogP contribution in [0.25, 0.3) is 0 Å². The Morgan fingerprint density at radius 3 is 2.76 bits per heavy atom. The number of hydrogen-bond donors (Lipinski definition) is 1. The number of thiophene rings is 1. The molecule has 0 saturated carbocycles. The van der Waals surface area contributed by atoms with Gasteiger partial charge in [0.05, 0.1) is 6.10 Å². The zero-order chi connectivity index (χ0) is 12.3. The molecule has 1 unspecified atom stereocenters. The summed E-state index contributed by atoms with van der Waals surface area (Å²) in [5.74, 6) is -0.355. The predicted molar refractivity (Wildman–Crippen MR) is 69.1 cm³/mol. The number of aliphatic hydroxyl groups excluding tert-OH is 1. The third kappa shape index (κ3) is 3.53. The molecule has 2 rings (SSSR count). The molecule has 1 atom stereocenters. The second-order valence-corrected chi connectivity index (χ2v) is 5.12. The van der Waals surface area contributed by atoms with E-state index in [0.717, 1.165) is 11.1 Å². The maximum absolute atomic E-state index is 12.8. The van der Waals surface area contributed by atoms with Crippen LogP contribution in [0.4, 0.5) is 4.39 Å². The van der Waals surface area contributed by atoms with Crippen LogP contribution >= 0.6 is 22.9 Å². The van der Waals surface area contributed by atoms with Crippen LogP contribution in [-0.2, 0) is 12.8 Å². The molecule has 0 radical (unpaired) electrons. The van der Waals surface area contributed by atoms with E-state index in [1.807, 2.05) is 16.8 Å². The van der Waals surface area contributed by atoms with Crippen LogP contribution in [0.15, 0.2) is 35.0 Å². The second-order valence-electron chi connectivity index (χ2n) is 3.93. The van der Waals surface area contributed by atoms with Crippen LogP contribution in [0, 0.1) is 5.82 Å². The largest absolute Gasteiger partial charge is 0.392 e. The monoisotopic (exact) mass is 270 g/mol. The van der Waals surface area contributed by atoms with Gasteiger partial charge in [-0.15, -0.1) is 0 Å². The lowest BCUT2D eigenvalue weighted by atomic mass is 10.0. The Morgan fingerprint density at radius 1 is 1.29 bits per heavy atom. The van der Waals surface area contributed by atoms with Gasteiger partial charge < -0.3 is 5.11 Å². The summed E-state index contributed by atoms with van der Waals surface area (Å²) in [5.41, 5.74) is 1.89. The molecular weight excluding hydrogens is 259 g/mol. The summed E-state index contributed by atoms with van der Waals surface area (Å²) < 4.78 is 12.8. The molecule has 0 aliphatic rings. The van der Waals surface area contributed by atoms with Crippen LogP contribution < -0.4 is 0 Å². The number of rotatable bonds is 4. The average molecular weight is 271 g/mol. The van der Waals surface area contributed by atoms with Gasteiger partial charge in [-0.25, -0.2) is 4.39 Å². The molecule has 2 aromatic rings. The van der Waals surface area contributed by atoms with E-state index in [4.69, 9.17) is 11.6 Å². The third-order valence-electron chi connectivity index (χ3n) is 2.52. The Kier molecular flexibility index (Phi) is 4.15. The van der Waals surface area contributed by atoms with E-state index < -0.39 is 6.10 Å². The molecule has 0 spiro atoms. The maximum atomic E-state index is 12.8. The van der Waals surface area contributed by atoms with Gasteiger partial charge in [0, 0.05) is 11.4 Å². The van der Waals surface area contributed by atoms with Crippen molar-refractivity contribution in [3.63, 3.8) is 0 Å². The maximum Gasteiger partial charge on any atom is 0.124 e. The minimum atomic E-state index is -0.493. The highest BCUT2D eigenvalue weighted by atomic mass is 35.5. The summed E-state index contributed by atoms with van der Waals surface area (Å²) >= 11 is 7.51. The molecule has 90 valence electrons. The van der Waals surface area contributed by atoms with Crippen molar-refractivity contribution in [1.82, 2.24) is 0 Å². The van der Waals surface area contributed by atoms with Gasteiger partial charge in [0.2, 0.25) is 0 Å². The van der Waals surface area contributed by atoms with Gasteiger partial charge in [-0.05, 0) is 46.5 Å². The lowest BCUT2D eigenvalue weighted by Crippen LogP contribution is -2.13. The average Bonchev–Trinajstić information content (AvgIpc) is 2.75. The van der Waals surface area contributed by atoms with E-state index in [1.54, 1.807) is 17.4 Å². The van der Waals surface area contributed by atoms with Crippen molar-refractivity contribution in [2.75, 3.05) is 0 Å². The normalized spacial score (nSPS) is 12.6. The SMILES string of the molecule is OC(Cc1ccsc1)Cc1ccc(F)cc1Cl. The molecule has 0 fully saturated rings. The van der Waals surface area contributed by atoms with Gasteiger partial charge in [0.15, 0.2) is 0 Å². The van der Waals surface area contributed by atoms with Gasteiger partial charge in [-0.1, -0.05) is 17.7 Å². The van der Waals surface area contributed by atoms with Gasteiger partial charge in [-0.3, -0.25) is 0 Å². The molecule has 0 aliphatic carbocycles. The Balaban J connectivity index is 2.00. The fourth-order valence-electron chi connectivity index (χ4n) is 1.69. The zero-order valence-electron chi connectivity index (χ0n) is 9.07. The lowest BCUT2D eigenvalue weighted by Gasteiger charge is -2.11. The summed E-state index contributed by atoms with van der Waals surface area (Å²) in [4.78, 5) is 0. The Labute approximate surface area is 108 Å². The standard InChI is InChI=1S/C13H12ClFOS/c14-13-7-11(15)2-1-10(13)6-12(16)5-9-3-4-17-8-9/h1-4,7-8,12,16H,5-6H2. The molecule has 0 bridgehead atoms. The van der Waals surface area contributed by atoms with Crippen LogP contribution in [-0.4, -0.2) is 11.2 Å². The first kappa shape index (κ1) is 12.6. The molecule has 0 aliphatic heterocycles. The van der Waals surface area contributed by atoms with E-state index in [0.29, 0.717) is 17.9 Å². The summed E-state index contributed by atoms with van der Waals surface area (Å²) in [6.45, 7) is 0. The Bertz CT molecular complexity index is 484. The van der Waals surface area contributed by atoms with E-state index >= 15 is 0 Å². The van der Waals surface area contributed by atoms with Crippen molar-refractivity contribution in [3.8, 4) is 0 Å². The van der Waals surface area contributed by atoms with Crippen molar-refractivity contribution in [2.24, 2.45) is 0 Å². The van der Waals surface area contributed by atoms with Crippen molar-refractivity contribution < 1.29 is 9.50 Å². The van der Waals surface area contributed by atoms with E-state index in [2.05, 4.69) is 0 Å². The molecular formula is C13H12ClFOS. The first-order chi connectivity index (χ1) is 8.15. The molecule has 1 heterocycles. The van der Waals surface area contributed by atoms with Crippen molar-refractivity contribution >= 4 is 22.9 Å². The van der Waals surface area contributed by atoms with Crippen LogP contribution in [0.3, 0.4) is 0 Å². The van der Waals surface area contributed by atoms with Gasteiger partial charge >= 0.3 is 0 Å². The smallest absolute Gasteiger partial charge is 0.124 e. The fraction of sp³-hybridized carbons (Fsp3) is 0.231. The first-order valence-corrected chi connectivity index (χ1v) is 6.60. The van der Waals surface area contributed by atoms with Crippen LogP contribution in [0.5, 0.6) is 0 Å². The highest BCUT2D eigenvalue weighted by Crippen LogP contribution is 2.20. The van der Waals surface area contributed by atoms with E-state index in [-0.39, 0.29) is 5.82 Å². The first-order valence-electron chi connectivity index (χ1n) is 5.28. The van der Waals surface area contributed by atoms with Gasteiger partial charge in [0.1, 0.15) is 5.82 Å². The van der Waals surface area contributed by atoms with Gasteiger partial charge in [0.25, 0.3) is 0 Å². The molecule has 0 saturated heterocycles.